The summed E-state index contributed by atoms with van der Waals surface area (Å²) in [7, 11) is 0. The summed E-state index contributed by atoms with van der Waals surface area (Å²) in [5.74, 6) is -1.02. The molecule has 0 radical (unpaired) electrons. The zero-order valence-corrected chi connectivity index (χ0v) is 35.0. The van der Waals surface area contributed by atoms with Crippen LogP contribution < -0.4 is 16.4 Å². The highest BCUT2D eigenvalue weighted by Gasteiger charge is 2.35. The molecule has 14 nitrogen and oxygen atoms in total. The maximum absolute atomic E-state index is 13.6. The van der Waals surface area contributed by atoms with E-state index in [1.54, 1.807) is 24.4 Å². The number of rotatable bonds is 9. The maximum atomic E-state index is 13.6. The molecule has 4 aliphatic rings. The van der Waals surface area contributed by atoms with Crippen molar-refractivity contribution < 1.29 is 28.0 Å². The molecule has 6 heterocycles. The van der Waals surface area contributed by atoms with Gasteiger partial charge in [0.25, 0.3) is 0 Å². The third-order valence-electron chi connectivity index (χ3n) is 13.0. The van der Waals surface area contributed by atoms with Gasteiger partial charge in [-0.1, -0.05) is 54.1 Å². The fourth-order valence-corrected chi connectivity index (χ4v) is 9.70. The van der Waals surface area contributed by atoms with Crippen molar-refractivity contribution in [2.75, 3.05) is 51.1 Å². The monoisotopic (exact) mass is 862 g/mol. The second kappa shape index (κ2) is 17.8. The largest absolute Gasteiger partial charge is 0.420 e. The third kappa shape index (κ3) is 8.73. The Balaban J connectivity index is 0.724. The van der Waals surface area contributed by atoms with Gasteiger partial charge in [0, 0.05) is 55.7 Å². The number of likely N-dealkylation sites (tertiary alicyclic amines) is 3. The number of benzene rings is 3. The van der Waals surface area contributed by atoms with Crippen molar-refractivity contribution in [1.29, 1.82) is 0 Å². The zero-order chi connectivity index (χ0) is 42.9. The molecule has 4 fully saturated rings. The molecule has 0 bridgehead atoms. The van der Waals surface area contributed by atoms with Crippen molar-refractivity contribution in [1.82, 2.24) is 34.6 Å². The Labute approximate surface area is 362 Å². The van der Waals surface area contributed by atoms with E-state index in [9.17, 15) is 28.4 Å². The molecule has 9 rings (SSSR count). The first kappa shape index (κ1) is 41.4. The molecule has 16 heteroatoms. The Kier molecular flexibility index (Phi) is 11.9. The molecule has 0 aliphatic carbocycles. The first-order chi connectivity index (χ1) is 30.1. The second-order valence-electron chi connectivity index (χ2n) is 16.8. The zero-order valence-electron chi connectivity index (χ0n) is 34.2. The van der Waals surface area contributed by atoms with E-state index in [1.165, 1.54) is 16.7 Å². The predicted molar refractivity (Wildman–Crippen MR) is 231 cm³/mol. The van der Waals surface area contributed by atoms with Gasteiger partial charge < -0.3 is 19.5 Å². The number of nitrogens with zero attached hydrogens (tertiary/aromatic N) is 6. The number of oxazole rings is 1. The van der Waals surface area contributed by atoms with Crippen LogP contribution in [0.4, 0.5) is 10.3 Å². The van der Waals surface area contributed by atoms with Gasteiger partial charge in [0.05, 0.1) is 29.0 Å². The van der Waals surface area contributed by atoms with Crippen LogP contribution in [0.2, 0.25) is 5.02 Å². The molecule has 2 N–H and O–H groups in total. The summed E-state index contributed by atoms with van der Waals surface area (Å²) in [6.45, 7) is 4.12. The molecule has 0 saturated carbocycles. The third-order valence-corrected chi connectivity index (χ3v) is 13.2. The Bertz CT molecular complexity index is 2560. The molecule has 1 unspecified atom stereocenters. The van der Waals surface area contributed by atoms with E-state index < -0.39 is 17.7 Å². The van der Waals surface area contributed by atoms with Crippen molar-refractivity contribution in [2.45, 2.75) is 69.4 Å². The standard InChI is InChI=1S/C46H48ClFN8O6/c47-36-26-49-45(52-41(36)32-4-1-3-31(25-32)28-7-9-33(48)10-8-28)50-34-17-23-55(24-18-34)44(60)30-13-19-53(20-14-30)27-40(58)54-21-15-29(16-22-54)35-5-2-6-37-42(35)62-46(61)56(37)38-11-12-39(57)51-43(38)59/h1-10,25-26,29-30,34,38H,11-24,27H2,(H,49,50,52)(H,51,57,59). The number of amides is 4. The lowest BCUT2D eigenvalue weighted by molar-refractivity contribution is -0.139. The minimum Gasteiger partial charge on any atom is -0.407 e. The van der Waals surface area contributed by atoms with E-state index in [0.717, 1.165) is 35.1 Å². The van der Waals surface area contributed by atoms with Crippen molar-refractivity contribution in [2.24, 2.45) is 5.92 Å². The number of anilines is 1. The van der Waals surface area contributed by atoms with Crippen LogP contribution in [-0.4, -0.2) is 105 Å². The van der Waals surface area contributed by atoms with Gasteiger partial charge in [-0.2, -0.15) is 0 Å². The average Bonchev–Trinajstić information content (AvgIpc) is 3.63. The van der Waals surface area contributed by atoms with Gasteiger partial charge >= 0.3 is 5.76 Å². The number of carbonyl (C=O) groups is 4. The van der Waals surface area contributed by atoms with Crippen LogP contribution in [0.25, 0.3) is 33.5 Å². The highest BCUT2D eigenvalue weighted by Crippen LogP contribution is 2.35. The van der Waals surface area contributed by atoms with E-state index in [4.69, 9.17) is 21.0 Å². The second-order valence-corrected chi connectivity index (χ2v) is 17.2. The van der Waals surface area contributed by atoms with E-state index in [-0.39, 0.29) is 54.3 Å². The highest BCUT2D eigenvalue weighted by atomic mass is 35.5. The first-order valence-electron chi connectivity index (χ1n) is 21.5. The molecule has 322 valence electrons. The molecular weight excluding hydrogens is 815 g/mol. The number of imide groups is 1. The fraction of sp³-hybridized carbons (Fsp3) is 0.413. The van der Waals surface area contributed by atoms with Gasteiger partial charge in [0.15, 0.2) is 5.58 Å². The summed E-state index contributed by atoms with van der Waals surface area (Å²) in [5, 5.41) is 6.20. The van der Waals surface area contributed by atoms with Crippen LogP contribution in [-0.2, 0) is 19.2 Å². The van der Waals surface area contributed by atoms with E-state index in [2.05, 4.69) is 20.5 Å². The molecule has 0 spiro atoms. The number of nitrogens with one attached hydrogen (secondary N) is 2. The summed E-state index contributed by atoms with van der Waals surface area (Å²) < 4.78 is 20.6. The topological polar surface area (TPSA) is 163 Å². The summed E-state index contributed by atoms with van der Waals surface area (Å²) in [6.07, 6.45) is 6.35. The maximum Gasteiger partial charge on any atom is 0.420 e. The van der Waals surface area contributed by atoms with E-state index >= 15 is 0 Å². The Morgan fingerprint density at radius 3 is 2.27 bits per heavy atom. The van der Waals surface area contributed by atoms with Crippen LogP contribution in [0.3, 0.4) is 0 Å². The summed E-state index contributed by atoms with van der Waals surface area (Å²) >= 11 is 6.56. The number of carbonyl (C=O) groups excluding carboxylic acids is 4. The van der Waals surface area contributed by atoms with Crippen LogP contribution in [0, 0.1) is 11.7 Å². The van der Waals surface area contributed by atoms with Crippen molar-refractivity contribution in [3.05, 3.63) is 99.9 Å². The lowest BCUT2D eigenvalue weighted by Crippen LogP contribution is -2.49. The molecule has 4 aliphatic heterocycles. The molecule has 4 amide bonds. The van der Waals surface area contributed by atoms with Crippen LogP contribution >= 0.6 is 11.6 Å². The molecule has 3 aromatic carbocycles. The van der Waals surface area contributed by atoms with Gasteiger partial charge in [-0.25, -0.2) is 19.2 Å². The molecule has 5 aromatic rings. The fourth-order valence-electron chi connectivity index (χ4n) is 9.50. The quantitative estimate of drug-likeness (QED) is 0.168. The molecular formula is C46H48ClFN8O6. The first-order valence-corrected chi connectivity index (χ1v) is 21.9. The highest BCUT2D eigenvalue weighted by molar-refractivity contribution is 6.33. The van der Waals surface area contributed by atoms with Gasteiger partial charge in [0.2, 0.25) is 29.6 Å². The average molecular weight is 863 g/mol. The number of piperidine rings is 4. The number of hydrogen-bond donors (Lipinski definition) is 2. The van der Waals surface area contributed by atoms with Gasteiger partial charge in [-0.05, 0) is 99.3 Å². The van der Waals surface area contributed by atoms with Crippen LogP contribution in [0.1, 0.15) is 68.9 Å². The van der Waals surface area contributed by atoms with E-state index in [0.29, 0.717) is 99.3 Å². The van der Waals surface area contributed by atoms with Crippen molar-refractivity contribution >= 4 is 52.3 Å². The van der Waals surface area contributed by atoms with Crippen LogP contribution in [0.5, 0.6) is 0 Å². The Hall–Kier alpha value is -5.93. The number of para-hydroxylation sites is 1. The predicted octanol–water partition coefficient (Wildman–Crippen LogP) is 6.01. The van der Waals surface area contributed by atoms with Crippen LogP contribution in [0.15, 0.2) is 82.1 Å². The minimum absolute atomic E-state index is 0.0675. The summed E-state index contributed by atoms with van der Waals surface area (Å²) in [6, 6.07) is 19.0. The lowest BCUT2D eigenvalue weighted by Gasteiger charge is -2.38. The Morgan fingerprint density at radius 1 is 0.823 bits per heavy atom. The lowest BCUT2D eigenvalue weighted by atomic mass is 9.88. The van der Waals surface area contributed by atoms with Gasteiger partial charge in [-0.15, -0.1) is 0 Å². The number of fused-ring (bicyclic) bond motifs is 1. The number of hydrogen-bond acceptors (Lipinski definition) is 10. The van der Waals surface area contributed by atoms with Gasteiger partial charge in [-0.3, -0.25) is 34.0 Å². The van der Waals surface area contributed by atoms with Gasteiger partial charge in [0.1, 0.15) is 11.9 Å². The Morgan fingerprint density at radius 2 is 1.53 bits per heavy atom. The summed E-state index contributed by atoms with van der Waals surface area (Å²) in [4.78, 5) is 79.6. The molecule has 62 heavy (non-hydrogen) atoms. The van der Waals surface area contributed by atoms with Crippen molar-refractivity contribution in [3.63, 3.8) is 0 Å². The smallest absolute Gasteiger partial charge is 0.407 e. The molecule has 4 saturated heterocycles. The van der Waals surface area contributed by atoms with Crippen molar-refractivity contribution in [3.8, 4) is 22.4 Å². The number of aromatic nitrogens is 3. The number of halogens is 2. The minimum atomic E-state index is -0.805. The summed E-state index contributed by atoms with van der Waals surface area (Å²) in [5.41, 5.74) is 5.11. The molecule has 1 atom stereocenters. The normalized spacial score (nSPS) is 19.8. The van der Waals surface area contributed by atoms with E-state index in [1.807, 2.05) is 46.2 Å². The molecule has 2 aromatic heterocycles. The SMILES string of the molecule is O=C1CCC(n2c(=O)oc3c(C4CCN(C(=O)CN5CCC(C(=O)N6CCC(Nc7ncc(Cl)c(-c8cccc(-c9ccc(F)cc9)c8)n7)CC6)CC5)CC4)cccc32)C(=O)N1.